The first-order chi connectivity index (χ1) is 11.7. The maximum Gasteiger partial charge on any atom is 0.268 e. The van der Waals surface area contributed by atoms with Crippen LogP contribution in [0.3, 0.4) is 0 Å². The molecule has 0 saturated heterocycles. The smallest absolute Gasteiger partial charge is 0.268 e. The Morgan fingerprint density at radius 1 is 1.29 bits per heavy atom. The molecule has 1 aliphatic heterocycles. The second kappa shape index (κ2) is 5.94. The molecule has 0 bridgehead atoms. The Hall–Kier alpha value is -2.34. The van der Waals surface area contributed by atoms with Crippen LogP contribution in [0, 0.1) is 0 Å². The number of likely N-dealkylation sites (N-methyl/N-ethyl adjacent to an activating group) is 1. The van der Waals surface area contributed by atoms with Gasteiger partial charge in [-0.3, -0.25) is 14.5 Å². The van der Waals surface area contributed by atoms with Gasteiger partial charge in [-0.05, 0) is 43.0 Å². The van der Waals surface area contributed by atoms with Crippen LogP contribution < -0.4 is 15.0 Å². The van der Waals surface area contributed by atoms with E-state index in [1.165, 1.54) is 16.9 Å². The molecule has 2 aliphatic rings. The van der Waals surface area contributed by atoms with Crippen molar-refractivity contribution in [3.8, 4) is 5.75 Å². The van der Waals surface area contributed by atoms with Crippen LogP contribution in [0.15, 0.2) is 30.3 Å². The third-order valence-electron chi connectivity index (χ3n) is 4.52. The molecule has 1 N–H and O–H groups in total. The standard InChI is InChI=1S/C18H18N2O3S/c1-19-17(21)14-10-20(12-6-2-3-7-13(12)23-14)18(22)16-9-11-5-4-8-15(11)24-16/h2-3,6-7,9,14H,4-5,8,10H2,1H3,(H,19,21)/t14-/m0/s1. The van der Waals surface area contributed by atoms with Gasteiger partial charge in [-0.15, -0.1) is 11.3 Å². The van der Waals surface area contributed by atoms with Crippen molar-refractivity contribution in [2.24, 2.45) is 0 Å². The summed E-state index contributed by atoms with van der Waals surface area (Å²) in [5, 5.41) is 2.60. The Morgan fingerprint density at radius 3 is 2.92 bits per heavy atom. The van der Waals surface area contributed by atoms with Crippen molar-refractivity contribution in [3.05, 3.63) is 45.6 Å². The molecule has 1 aromatic heterocycles. The lowest BCUT2D eigenvalue weighted by Gasteiger charge is -2.33. The fourth-order valence-electron chi connectivity index (χ4n) is 3.29. The highest BCUT2D eigenvalue weighted by atomic mass is 32.1. The van der Waals surface area contributed by atoms with Crippen LogP contribution in [0.25, 0.3) is 0 Å². The van der Waals surface area contributed by atoms with Gasteiger partial charge >= 0.3 is 0 Å². The molecule has 4 rings (SSSR count). The fourth-order valence-corrected chi connectivity index (χ4v) is 4.49. The topological polar surface area (TPSA) is 58.6 Å². The average Bonchev–Trinajstić information content (AvgIpc) is 3.21. The Kier molecular flexibility index (Phi) is 3.76. The van der Waals surface area contributed by atoms with Crippen LogP contribution in [0.2, 0.25) is 0 Å². The number of thiophene rings is 1. The number of hydrogen-bond acceptors (Lipinski definition) is 4. The lowest BCUT2D eigenvalue weighted by molar-refractivity contribution is -0.127. The largest absolute Gasteiger partial charge is 0.477 e. The number of aryl methyl sites for hydroxylation is 2. The average molecular weight is 342 g/mol. The van der Waals surface area contributed by atoms with Gasteiger partial charge in [0.1, 0.15) is 5.75 Å². The number of anilines is 1. The first-order valence-corrected chi connectivity index (χ1v) is 8.89. The highest BCUT2D eigenvalue weighted by molar-refractivity contribution is 7.14. The zero-order valence-corrected chi connectivity index (χ0v) is 14.2. The number of benzene rings is 1. The zero-order chi connectivity index (χ0) is 16.7. The van der Waals surface area contributed by atoms with Crippen molar-refractivity contribution < 1.29 is 14.3 Å². The van der Waals surface area contributed by atoms with Crippen LogP contribution in [0.4, 0.5) is 5.69 Å². The van der Waals surface area contributed by atoms with Gasteiger partial charge < -0.3 is 10.1 Å². The minimum Gasteiger partial charge on any atom is -0.477 e. The van der Waals surface area contributed by atoms with Crippen LogP contribution in [-0.2, 0) is 17.6 Å². The Bertz CT molecular complexity index is 793. The van der Waals surface area contributed by atoms with Crippen molar-refractivity contribution in [1.82, 2.24) is 5.32 Å². The number of para-hydroxylation sites is 2. The minimum absolute atomic E-state index is 0.0564. The van der Waals surface area contributed by atoms with Crippen molar-refractivity contribution in [2.75, 3.05) is 18.5 Å². The molecule has 2 heterocycles. The van der Waals surface area contributed by atoms with Crippen molar-refractivity contribution in [1.29, 1.82) is 0 Å². The molecular weight excluding hydrogens is 324 g/mol. The molecule has 1 atom stereocenters. The highest BCUT2D eigenvalue weighted by Crippen LogP contribution is 2.36. The minimum atomic E-state index is -0.694. The van der Waals surface area contributed by atoms with Gasteiger partial charge in [-0.2, -0.15) is 0 Å². The van der Waals surface area contributed by atoms with E-state index in [9.17, 15) is 9.59 Å². The van der Waals surface area contributed by atoms with E-state index in [0.29, 0.717) is 5.75 Å². The van der Waals surface area contributed by atoms with E-state index in [2.05, 4.69) is 5.32 Å². The summed E-state index contributed by atoms with van der Waals surface area (Å²) >= 11 is 1.58. The number of fused-ring (bicyclic) bond motifs is 2. The second-order valence-electron chi connectivity index (χ2n) is 6.02. The van der Waals surface area contributed by atoms with E-state index >= 15 is 0 Å². The summed E-state index contributed by atoms with van der Waals surface area (Å²) in [7, 11) is 1.57. The van der Waals surface area contributed by atoms with Crippen molar-refractivity contribution in [2.45, 2.75) is 25.4 Å². The SMILES string of the molecule is CNC(=O)[C@@H]1CN(C(=O)c2cc3c(s2)CCC3)c2ccccc2O1. The first-order valence-electron chi connectivity index (χ1n) is 8.08. The molecule has 0 radical (unpaired) electrons. The van der Waals surface area contributed by atoms with Gasteiger partial charge in [0.15, 0.2) is 6.10 Å². The van der Waals surface area contributed by atoms with Crippen molar-refractivity contribution in [3.63, 3.8) is 0 Å². The molecule has 124 valence electrons. The number of carbonyl (C=O) groups is 2. The number of ether oxygens (including phenoxy) is 1. The Balaban J connectivity index is 1.69. The van der Waals surface area contributed by atoms with Crippen LogP contribution in [0.1, 0.15) is 26.5 Å². The predicted octanol–water partition coefficient (Wildman–Crippen LogP) is 2.39. The lowest BCUT2D eigenvalue weighted by atomic mass is 10.1. The maximum atomic E-state index is 13.1. The summed E-state index contributed by atoms with van der Waals surface area (Å²) in [5.41, 5.74) is 2.02. The molecule has 1 aromatic carbocycles. The first kappa shape index (κ1) is 15.2. The monoisotopic (exact) mass is 342 g/mol. The molecule has 6 heteroatoms. The molecule has 0 saturated carbocycles. The Labute approximate surface area is 144 Å². The van der Waals surface area contributed by atoms with Gasteiger partial charge in [0, 0.05) is 11.9 Å². The fraction of sp³-hybridized carbons (Fsp3) is 0.333. The summed E-state index contributed by atoms with van der Waals surface area (Å²) in [5.74, 6) is 0.282. The number of rotatable bonds is 2. The number of nitrogens with one attached hydrogen (secondary N) is 1. The summed E-state index contributed by atoms with van der Waals surface area (Å²) in [4.78, 5) is 28.8. The lowest BCUT2D eigenvalue weighted by Crippen LogP contribution is -2.50. The van der Waals surface area contributed by atoms with Gasteiger partial charge in [-0.1, -0.05) is 12.1 Å². The highest BCUT2D eigenvalue weighted by Gasteiger charge is 2.34. The number of amides is 2. The van der Waals surface area contributed by atoms with E-state index in [-0.39, 0.29) is 18.4 Å². The van der Waals surface area contributed by atoms with Gasteiger partial charge in [0.25, 0.3) is 11.8 Å². The van der Waals surface area contributed by atoms with E-state index in [0.717, 1.165) is 23.4 Å². The predicted molar refractivity (Wildman–Crippen MR) is 92.9 cm³/mol. The number of nitrogens with zero attached hydrogens (tertiary/aromatic N) is 1. The molecule has 1 aliphatic carbocycles. The normalized spacial score (nSPS) is 18.5. The molecular formula is C18H18N2O3S. The van der Waals surface area contributed by atoms with Crippen LogP contribution in [-0.4, -0.2) is 31.5 Å². The second-order valence-corrected chi connectivity index (χ2v) is 7.15. The third-order valence-corrected chi connectivity index (χ3v) is 5.74. The molecule has 0 fully saturated rings. The molecule has 0 unspecified atom stereocenters. The maximum absolute atomic E-state index is 13.1. The zero-order valence-electron chi connectivity index (χ0n) is 13.4. The van der Waals surface area contributed by atoms with Crippen LogP contribution >= 0.6 is 11.3 Å². The third kappa shape index (κ3) is 2.47. The summed E-state index contributed by atoms with van der Waals surface area (Å²) < 4.78 is 5.76. The summed E-state index contributed by atoms with van der Waals surface area (Å²) in [6.45, 7) is 0.220. The molecule has 2 aromatic rings. The number of carbonyl (C=O) groups excluding carboxylic acids is 2. The summed E-state index contributed by atoms with van der Waals surface area (Å²) in [6.07, 6.45) is 2.60. The molecule has 24 heavy (non-hydrogen) atoms. The van der Waals surface area contributed by atoms with E-state index in [4.69, 9.17) is 4.74 Å². The summed E-state index contributed by atoms with van der Waals surface area (Å²) in [6, 6.07) is 9.38. The molecule has 0 spiro atoms. The Morgan fingerprint density at radius 2 is 2.12 bits per heavy atom. The van der Waals surface area contributed by atoms with E-state index in [1.54, 1.807) is 29.4 Å². The van der Waals surface area contributed by atoms with Crippen LogP contribution in [0.5, 0.6) is 5.75 Å². The quantitative estimate of drug-likeness (QED) is 0.912. The van der Waals surface area contributed by atoms with E-state index < -0.39 is 6.10 Å². The van der Waals surface area contributed by atoms with Gasteiger partial charge in [-0.25, -0.2) is 0 Å². The molecule has 2 amide bonds. The molecule has 5 nitrogen and oxygen atoms in total. The van der Waals surface area contributed by atoms with Gasteiger partial charge in [0.05, 0.1) is 17.1 Å². The van der Waals surface area contributed by atoms with Gasteiger partial charge in [0.2, 0.25) is 0 Å². The van der Waals surface area contributed by atoms with Crippen molar-refractivity contribution >= 4 is 28.8 Å². The number of hydrogen-bond donors (Lipinski definition) is 1. The van der Waals surface area contributed by atoms with E-state index in [1.807, 2.05) is 24.3 Å².